The van der Waals surface area contributed by atoms with Crippen LogP contribution in [0.5, 0.6) is 5.75 Å². The summed E-state index contributed by atoms with van der Waals surface area (Å²) in [6.07, 6.45) is 1.04. The summed E-state index contributed by atoms with van der Waals surface area (Å²) >= 11 is 16.9. The number of rotatable bonds is 4. The van der Waals surface area contributed by atoms with Gasteiger partial charge < -0.3 is 15.8 Å². The largest absolute Gasteiger partial charge is 0.484 e. The van der Waals surface area contributed by atoms with Crippen molar-refractivity contribution in [1.82, 2.24) is 5.43 Å². The number of nitrogens with one attached hydrogen (secondary N) is 2. The van der Waals surface area contributed by atoms with E-state index in [0.717, 1.165) is 11.3 Å². The van der Waals surface area contributed by atoms with E-state index in [2.05, 4.69) is 10.7 Å². The van der Waals surface area contributed by atoms with Crippen LogP contribution < -0.4 is 26.2 Å². The van der Waals surface area contributed by atoms with Crippen LogP contribution in [0.3, 0.4) is 0 Å². The van der Waals surface area contributed by atoms with Gasteiger partial charge in [-0.25, -0.2) is 5.01 Å². The molecule has 0 aromatic heterocycles. The number of nitrogens with zero attached hydrogens (tertiary/aromatic N) is 1. The van der Waals surface area contributed by atoms with Gasteiger partial charge in [0.25, 0.3) is 5.91 Å². The minimum Gasteiger partial charge on any atom is -0.484 e. The first-order valence-electron chi connectivity index (χ1n) is 8.23. The van der Waals surface area contributed by atoms with Gasteiger partial charge in [0.2, 0.25) is 5.91 Å². The van der Waals surface area contributed by atoms with Crippen molar-refractivity contribution in [1.29, 1.82) is 0 Å². The van der Waals surface area contributed by atoms with E-state index < -0.39 is 5.91 Å². The van der Waals surface area contributed by atoms with Gasteiger partial charge in [0.15, 0.2) is 11.7 Å². The molecular formula is C18H16Cl2N4O3S. The van der Waals surface area contributed by atoms with Gasteiger partial charge in [0.05, 0.1) is 15.7 Å². The number of halogens is 2. The van der Waals surface area contributed by atoms with E-state index >= 15 is 0 Å². The van der Waals surface area contributed by atoms with Gasteiger partial charge in [-0.3, -0.25) is 15.0 Å². The Morgan fingerprint density at radius 3 is 2.71 bits per heavy atom. The molecule has 28 heavy (non-hydrogen) atoms. The fourth-order valence-corrected chi connectivity index (χ4v) is 3.07. The molecule has 146 valence electrons. The van der Waals surface area contributed by atoms with Gasteiger partial charge in [0, 0.05) is 12.1 Å². The van der Waals surface area contributed by atoms with E-state index in [-0.39, 0.29) is 17.6 Å². The Balaban J connectivity index is 1.63. The Bertz CT molecular complexity index is 954. The molecule has 0 fully saturated rings. The molecule has 0 radical (unpaired) electrons. The van der Waals surface area contributed by atoms with Crippen LogP contribution in [0.2, 0.25) is 10.0 Å². The maximum absolute atomic E-state index is 12.3. The molecule has 1 heterocycles. The number of amides is 2. The predicted molar refractivity (Wildman–Crippen MR) is 113 cm³/mol. The SMILES string of the molecule is NC(=S)N(NC(=O)COc1ccc2c(c1)CCC(=O)N2)c1ccc(Cl)c(Cl)c1. The second-order valence-electron chi connectivity index (χ2n) is 5.96. The zero-order chi connectivity index (χ0) is 20.3. The highest BCUT2D eigenvalue weighted by Crippen LogP contribution is 2.27. The normalized spacial score (nSPS) is 12.6. The van der Waals surface area contributed by atoms with Crippen molar-refractivity contribution in [2.75, 3.05) is 16.9 Å². The van der Waals surface area contributed by atoms with Gasteiger partial charge in [-0.05, 0) is 60.6 Å². The smallest absolute Gasteiger partial charge is 0.276 e. The first-order valence-corrected chi connectivity index (χ1v) is 9.39. The van der Waals surface area contributed by atoms with E-state index in [1.165, 1.54) is 11.1 Å². The number of nitrogens with two attached hydrogens (primary N) is 1. The molecule has 2 aromatic carbocycles. The third-order valence-electron chi connectivity index (χ3n) is 3.96. The summed E-state index contributed by atoms with van der Waals surface area (Å²) in [5.74, 6) is 0.0343. The molecule has 10 heteroatoms. The Labute approximate surface area is 176 Å². The zero-order valence-corrected chi connectivity index (χ0v) is 16.8. The van der Waals surface area contributed by atoms with Crippen molar-refractivity contribution < 1.29 is 14.3 Å². The number of carbonyl (C=O) groups is 2. The van der Waals surface area contributed by atoms with E-state index in [4.69, 9.17) is 45.9 Å². The van der Waals surface area contributed by atoms with Gasteiger partial charge in [-0.1, -0.05) is 23.2 Å². The van der Waals surface area contributed by atoms with Crippen molar-refractivity contribution in [2.24, 2.45) is 5.73 Å². The van der Waals surface area contributed by atoms with E-state index in [1.54, 1.807) is 30.3 Å². The van der Waals surface area contributed by atoms with Gasteiger partial charge in [-0.15, -0.1) is 0 Å². The third-order valence-corrected chi connectivity index (χ3v) is 4.88. The molecule has 0 saturated carbocycles. The Morgan fingerprint density at radius 1 is 1.21 bits per heavy atom. The average Bonchev–Trinajstić information content (AvgIpc) is 2.66. The number of carbonyl (C=O) groups excluding carboxylic acids is 2. The molecule has 1 aliphatic heterocycles. The fourth-order valence-electron chi connectivity index (χ4n) is 2.63. The van der Waals surface area contributed by atoms with Crippen molar-refractivity contribution in [2.45, 2.75) is 12.8 Å². The standard InChI is InChI=1S/C18H16Cl2N4O3S/c19-13-4-2-11(8-14(13)20)24(18(21)28)23-17(26)9-27-12-3-5-15-10(7-12)1-6-16(25)22-15/h2-5,7-8H,1,6,9H2,(H2,21,28)(H,22,25)(H,23,26). The second-order valence-corrected chi connectivity index (χ2v) is 7.20. The fraction of sp³-hybridized carbons (Fsp3) is 0.167. The van der Waals surface area contributed by atoms with Crippen LogP contribution in [0.25, 0.3) is 0 Å². The van der Waals surface area contributed by atoms with Gasteiger partial charge >= 0.3 is 0 Å². The monoisotopic (exact) mass is 438 g/mol. The Hall–Kier alpha value is -2.55. The lowest BCUT2D eigenvalue weighted by atomic mass is 10.0. The summed E-state index contributed by atoms with van der Waals surface area (Å²) in [6.45, 7) is -0.258. The molecule has 3 rings (SSSR count). The highest BCUT2D eigenvalue weighted by molar-refractivity contribution is 7.80. The number of hydrogen-bond donors (Lipinski definition) is 3. The molecule has 0 atom stereocenters. The van der Waals surface area contributed by atoms with Crippen molar-refractivity contribution in [3.8, 4) is 5.75 Å². The number of hydrazine groups is 1. The Kier molecular flexibility index (Phi) is 6.23. The lowest BCUT2D eigenvalue weighted by molar-refractivity contribution is -0.123. The van der Waals surface area contributed by atoms with Crippen molar-refractivity contribution in [3.63, 3.8) is 0 Å². The molecule has 1 aliphatic rings. The number of hydrogen-bond acceptors (Lipinski definition) is 4. The lowest BCUT2D eigenvalue weighted by Gasteiger charge is -2.24. The molecule has 0 bridgehead atoms. The summed E-state index contributed by atoms with van der Waals surface area (Å²) in [5, 5.41) is 4.59. The molecule has 2 aromatic rings. The summed E-state index contributed by atoms with van der Waals surface area (Å²) in [4.78, 5) is 23.7. The highest BCUT2D eigenvalue weighted by atomic mass is 35.5. The van der Waals surface area contributed by atoms with Gasteiger partial charge in [-0.2, -0.15) is 0 Å². The molecule has 0 aliphatic carbocycles. The number of fused-ring (bicyclic) bond motifs is 1. The maximum Gasteiger partial charge on any atom is 0.276 e. The van der Waals surface area contributed by atoms with Crippen LogP contribution in [0.15, 0.2) is 36.4 Å². The minimum atomic E-state index is -0.468. The maximum atomic E-state index is 12.3. The quantitative estimate of drug-likeness (QED) is 0.501. The minimum absolute atomic E-state index is 0.0132. The van der Waals surface area contributed by atoms with Crippen LogP contribution in [-0.2, 0) is 16.0 Å². The number of benzene rings is 2. The highest BCUT2D eigenvalue weighted by Gasteiger charge is 2.17. The summed E-state index contributed by atoms with van der Waals surface area (Å²) < 4.78 is 5.54. The van der Waals surface area contributed by atoms with Crippen LogP contribution in [-0.4, -0.2) is 23.5 Å². The van der Waals surface area contributed by atoms with E-state index in [9.17, 15) is 9.59 Å². The molecule has 4 N–H and O–H groups in total. The van der Waals surface area contributed by atoms with Crippen LogP contribution in [0.1, 0.15) is 12.0 Å². The first-order chi connectivity index (χ1) is 13.3. The molecular weight excluding hydrogens is 423 g/mol. The zero-order valence-electron chi connectivity index (χ0n) is 14.5. The lowest BCUT2D eigenvalue weighted by Crippen LogP contribution is -2.50. The number of anilines is 2. The van der Waals surface area contributed by atoms with Crippen LogP contribution >= 0.6 is 35.4 Å². The molecule has 0 spiro atoms. The Morgan fingerprint density at radius 2 is 2.00 bits per heavy atom. The molecule has 7 nitrogen and oxygen atoms in total. The summed E-state index contributed by atoms with van der Waals surface area (Å²) in [5.41, 5.74) is 10.4. The van der Waals surface area contributed by atoms with Crippen molar-refractivity contribution >= 4 is 63.7 Å². The van der Waals surface area contributed by atoms with Crippen molar-refractivity contribution in [3.05, 3.63) is 52.0 Å². The first kappa shape index (κ1) is 20.2. The predicted octanol–water partition coefficient (Wildman–Crippen LogP) is 3.04. The van der Waals surface area contributed by atoms with Crippen LogP contribution in [0.4, 0.5) is 11.4 Å². The topological polar surface area (TPSA) is 96.7 Å². The molecule has 0 unspecified atom stereocenters. The second kappa shape index (κ2) is 8.64. The van der Waals surface area contributed by atoms with E-state index in [1.807, 2.05) is 0 Å². The summed E-state index contributed by atoms with van der Waals surface area (Å²) in [7, 11) is 0. The van der Waals surface area contributed by atoms with Gasteiger partial charge in [0.1, 0.15) is 5.75 Å². The van der Waals surface area contributed by atoms with E-state index in [0.29, 0.717) is 34.3 Å². The average molecular weight is 439 g/mol. The molecule has 0 saturated heterocycles. The third kappa shape index (κ3) is 4.83. The number of ether oxygens (including phenoxy) is 1. The number of aryl methyl sites for hydroxylation is 1. The summed E-state index contributed by atoms with van der Waals surface area (Å²) in [6, 6.07) is 9.94. The van der Waals surface area contributed by atoms with Crippen LogP contribution in [0, 0.1) is 0 Å². The number of thiocarbonyl (C=S) groups is 1. The molecule has 2 amide bonds.